The topological polar surface area (TPSA) is 27.3 Å². The molecule has 1 unspecified atom stereocenters. The van der Waals surface area contributed by atoms with Gasteiger partial charge in [0.15, 0.2) is 0 Å². The smallest absolute Gasteiger partial charge is 0.0501 e. The molecule has 5 rings (SSSR count). The zero-order valence-electron chi connectivity index (χ0n) is 22.3. The summed E-state index contributed by atoms with van der Waals surface area (Å²) in [6.07, 6.45) is 10.3. The molecule has 0 bridgehead atoms. The van der Waals surface area contributed by atoms with Crippen LogP contribution < -0.4 is 10.6 Å². The molecule has 0 amide bonds. The molecule has 194 valence electrons. The molecule has 37 heavy (non-hydrogen) atoms. The largest absolute Gasteiger partial charge is 0.378 e. The van der Waals surface area contributed by atoms with E-state index >= 15 is 0 Å². The van der Waals surface area contributed by atoms with Crippen molar-refractivity contribution in [1.82, 2.24) is 10.2 Å². The molecule has 2 aliphatic rings. The van der Waals surface area contributed by atoms with Gasteiger partial charge in [-0.15, -0.1) is 0 Å². The molecule has 3 nitrogen and oxygen atoms in total. The summed E-state index contributed by atoms with van der Waals surface area (Å²) in [6, 6.07) is 23.5. The number of anilines is 2. The lowest BCUT2D eigenvalue weighted by atomic mass is 9.88. The average Bonchev–Trinajstić information content (AvgIpc) is 2.93. The lowest BCUT2D eigenvalue weighted by Crippen LogP contribution is -2.35. The molecule has 0 spiro atoms. The van der Waals surface area contributed by atoms with Crippen LogP contribution >= 0.6 is 11.6 Å². The first-order chi connectivity index (χ1) is 18.1. The van der Waals surface area contributed by atoms with E-state index in [9.17, 15) is 0 Å². The van der Waals surface area contributed by atoms with E-state index in [0.717, 1.165) is 47.4 Å². The molecule has 4 heteroatoms. The Morgan fingerprint density at radius 2 is 1.84 bits per heavy atom. The monoisotopic (exact) mass is 513 g/mol. The lowest BCUT2D eigenvalue weighted by Gasteiger charge is -2.34. The number of nitrogens with zero attached hydrogens (tertiary/aromatic N) is 1. The van der Waals surface area contributed by atoms with Gasteiger partial charge >= 0.3 is 0 Å². The van der Waals surface area contributed by atoms with Gasteiger partial charge in [0.1, 0.15) is 0 Å². The van der Waals surface area contributed by atoms with Gasteiger partial charge in [-0.05, 0) is 85.5 Å². The van der Waals surface area contributed by atoms with E-state index < -0.39 is 0 Å². The minimum absolute atomic E-state index is 0.0682. The van der Waals surface area contributed by atoms with Gasteiger partial charge < -0.3 is 10.6 Å². The fraction of sp³-hybridized carbons (Fsp3) is 0.394. The van der Waals surface area contributed by atoms with Gasteiger partial charge in [-0.3, -0.25) is 4.90 Å². The number of hydrogen-bond donors (Lipinski definition) is 2. The normalized spacial score (nSPS) is 17.8. The highest BCUT2D eigenvalue weighted by Gasteiger charge is 2.23. The third kappa shape index (κ3) is 6.40. The predicted molar refractivity (Wildman–Crippen MR) is 158 cm³/mol. The molecule has 1 fully saturated rings. The van der Waals surface area contributed by atoms with Crippen LogP contribution in [0.5, 0.6) is 0 Å². The van der Waals surface area contributed by atoms with Crippen molar-refractivity contribution in [1.29, 1.82) is 0 Å². The molecule has 0 aromatic heterocycles. The summed E-state index contributed by atoms with van der Waals surface area (Å²) in [7, 11) is 0. The van der Waals surface area contributed by atoms with Crippen LogP contribution in [0.4, 0.5) is 11.4 Å². The molecule has 0 saturated heterocycles. The second-order valence-electron chi connectivity index (χ2n) is 10.7. The standard InChI is InChI=1S/C33H40ClN3/c1-3-32(26-13-8-5-9-14-26)35-24(2)30-21-28(17-18-31(30)34)36-33-16-10-15-27-23-37(20-19-29(27)33)22-25-11-6-4-7-12-25/h3,5,8-10,13-18,21,24-25,35-36H,4,6-7,11-12,19-20,22-23H2,1-2H3/b32-3-. The van der Waals surface area contributed by atoms with Gasteiger partial charge in [0, 0.05) is 41.7 Å². The number of nitrogens with one attached hydrogen (secondary N) is 2. The van der Waals surface area contributed by atoms with Crippen LogP contribution in [0.25, 0.3) is 5.70 Å². The molecule has 3 aromatic rings. The molecule has 0 radical (unpaired) electrons. The maximum atomic E-state index is 6.69. The van der Waals surface area contributed by atoms with Crippen LogP contribution in [0.15, 0.2) is 72.8 Å². The van der Waals surface area contributed by atoms with Crippen molar-refractivity contribution in [2.24, 2.45) is 5.92 Å². The van der Waals surface area contributed by atoms with Crippen molar-refractivity contribution in [3.8, 4) is 0 Å². The average molecular weight is 514 g/mol. The number of rotatable bonds is 8. The van der Waals surface area contributed by atoms with Crippen LogP contribution in [0, 0.1) is 5.92 Å². The highest BCUT2D eigenvalue weighted by Crippen LogP contribution is 2.33. The van der Waals surface area contributed by atoms with E-state index in [1.807, 2.05) is 12.1 Å². The second-order valence-corrected chi connectivity index (χ2v) is 11.1. The van der Waals surface area contributed by atoms with Gasteiger partial charge in [0.05, 0.1) is 6.04 Å². The number of hydrogen-bond acceptors (Lipinski definition) is 3. The molecular formula is C33H40ClN3. The van der Waals surface area contributed by atoms with E-state index in [1.54, 1.807) is 0 Å². The minimum Gasteiger partial charge on any atom is -0.378 e. The molecule has 3 aromatic carbocycles. The zero-order chi connectivity index (χ0) is 25.6. The van der Waals surface area contributed by atoms with Gasteiger partial charge in [0.2, 0.25) is 0 Å². The van der Waals surface area contributed by atoms with E-state index in [0.29, 0.717) is 0 Å². The van der Waals surface area contributed by atoms with Crippen LogP contribution in [0.1, 0.15) is 74.2 Å². The molecule has 1 saturated carbocycles. The van der Waals surface area contributed by atoms with Gasteiger partial charge in [-0.2, -0.15) is 0 Å². The summed E-state index contributed by atoms with van der Waals surface area (Å²) in [6.45, 7) is 7.72. The predicted octanol–water partition coefficient (Wildman–Crippen LogP) is 8.73. The number of fused-ring (bicyclic) bond motifs is 1. The van der Waals surface area contributed by atoms with Crippen LogP contribution in [-0.2, 0) is 13.0 Å². The SMILES string of the molecule is C/C=C(\NC(C)c1cc(Nc2cccc3c2CCN(CC2CCCCC2)C3)ccc1Cl)c1ccccc1. The molecular weight excluding hydrogens is 474 g/mol. The van der Waals surface area contributed by atoms with Crippen LogP contribution in [-0.4, -0.2) is 18.0 Å². The summed E-state index contributed by atoms with van der Waals surface area (Å²) in [5, 5.41) is 8.17. The van der Waals surface area contributed by atoms with Gasteiger partial charge in [-0.1, -0.05) is 79.4 Å². The minimum atomic E-state index is 0.0682. The fourth-order valence-electron chi connectivity index (χ4n) is 6.05. The Morgan fingerprint density at radius 1 is 1.03 bits per heavy atom. The first-order valence-electron chi connectivity index (χ1n) is 14.0. The van der Waals surface area contributed by atoms with Crippen molar-refractivity contribution < 1.29 is 0 Å². The van der Waals surface area contributed by atoms with E-state index in [-0.39, 0.29) is 6.04 Å². The van der Waals surface area contributed by atoms with E-state index in [1.165, 1.54) is 61.0 Å². The Hall–Kier alpha value is -2.75. The fourth-order valence-corrected chi connectivity index (χ4v) is 6.33. The Morgan fingerprint density at radius 3 is 2.62 bits per heavy atom. The first kappa shape index (κ1) is 25.9. The highest BCUT2D eigenvalue weighted by atomic mass is 35.5. The van der Waals surface area contributed by atoms with Gasteiger partial charge in [-0.25, -0.2) is 0 Å². The van der Waals surface area contributed by atoms with Crippen molar-refractivity contribution in [2.75, 3.05) is 18.4 Å². The zero-order valence-corrected chi connectivity index (χ0v) is 23.0. The summed E-state index contributed by atoms with van der Waals surface area (Å²) >= 11 is 6.69. The van der Waals surface area contributed by atoms with Crippen LogP contribution in [0.3, 0.4) is 0 Å². The summed E-state index contributed by atoms with van der Waals surface area (Å²) in [4.78, 5) is 2.68. The molecule has 2 N–H and O–H groups in total. The van der Waals surface area contributed by atoms with Gasteiger partial charge in [0.25, 0.3) is 0 Å². The number of allylic oxidation sites excluding steroid dienone is 1. The Labute approximate surface area is 227 Å². The van der Waals surface area contributed by atoms with Crippen molar-refractivity contribution in [3.05, 3.63) is 100 Å². The molecule has 1 atom stereocenters. The molecule has 1 heterocycles. The maximum absolute atomic E-state index is 6.69. The quantitative estimate of drug-likeness (QED) is 0.315. The van der Waals surface area contributed by atoms with E-state index in [2.05, 4.69) is 90.1 Å². The first-order valence-corrected chi connectivity index (χ1v) is 14.4. The maximum Gasteiger partial charge on any atom is 0.0501 e. The van der Waals surface area contributed by atoms with E-state index in [4.69, 9.17) is 11.6 Å². The van der Waals surface area contributed by atoms with Crippen molar-refractivity contribution in [2.45, 2.75) is 65.0 Å². The summed E-state index contributed by atoms with van der Waals surface area (Å²) < 4.78 is 0. The number of halogens is 1. The lowest BCUT2D eigenvalue weighted by molar-refractivity contribution is 0.187. The Bertz CT molecular complexity index is 1210. The third-order valence-electron chi connectivity index (χ3n) is 8.07. The summed E-state index contributed by atoms with van der Waals surface area (Å²) in [5.41, 5.74) is 8.61. The number of benzene rings is 3. The summed E-state index contributed by atoms with van der Waals surface area (Å²) in [5.74, 6) is 0.893. The second kappa shape index (κ2) is 12.2. The Balaban J connectivity index is 1.29. The van der Waals surface area contributed by atoms with Crippen molar-refractivity contribution >= 4 is 28.7 Å². The highest BCUT2D eigenvalue weighted by molar-refractivity contribution is 6.31. The molecule has 1 aliphatic heterocycles. The van der Waals surface area contributed by atoms with Crippen molar-refractivity contribution in [3.63, 3.8) is 0 Å². The molecule has 1 aliphatic carbocycles. The van der Waals surface area contributed by atoms with Crippen LogP contribution in [0.2, 0.25) is 5.02 Å². The third-order valence-corrected chi connectivity index (χ3v) is 8.42. The Kier molecular flexibility index (Phi) is 8.53.